The summed E-state index contributed by atoms with van der Waals surface area (Å²) in [4.78, 5) is 11.0. The molecule has 1 aromatic rings. The molecule has 1 aromatic carbocycles. The fourth-order valence-corrected chi connectivity index (χ4v) is 1.79. The van der Waals surface area contributed by atoms with Gasteiger partial charge in [0.05, 0.1) is 0 Å². The van der Waals surface area contributed by atoms with Crippen LogP contribution in [0.15, 0.2) is 18.2 Å². The monoisotopic (exact) mass is 255 g/mol. The molecule has 0 fully saturated rings. The van der Waals surface area contributed by atoms with Crippen molar-refractivity contribution >= 4 is 17.6 Å². The SMILES string of the molecule is Cc1ccc(CNC(C(=O)O)C(C)C)cc1Cl. The van der Waals surface area contributed by atoms with Crippen LogP contribution < -0.4 is 5.32 Å². The van der Waals surface area contributed by atoms with E-state index in [-0.39, 0.29) is 5.92 Å². The van der Waals surface area contributed by atoms with Crippen molar-refractivity contribution in [2.75, 3.05) is 0 Å². The number of nitrogens with one attached hydrogen (secondary N) is 1. The molecule has 2 N–H and O–H groups in total. The van der Waals surface area contributed by atoms with Gasteiger partial charge in [-0.1, -0.05) is 37.6 Å². The lowest BCUT2D eigenvalue weighted by molar-refractivity contribution is -0.140. The number of carbonyl (C=O) groups is 1. The van der Waals surface area contributed by atoms with Crippen LogP contribution in [0.4, 0.5) is 0 Å². The van der Waals surface area contributed by atoms with Crippen molar-refractivity contribution in [1.82, 2.24) is 5.32 Å². The number of aliphatic carboxylic acids is 1. The molecule has 0 spiro atoms. The van der Waals surface area contributed by atoms with Crippen LogP contribution >= 0.6 is 11.6 Å². The molecule has 1 atom stereocenters. The van der Waals surface area contributed by atoms with E-state index in [9.17, 15) is 4.79 Å². The van der Waals surface area contributed by atoms with E-state index in [1.165, 1.54) is 0 Å². The highest BCUT2D eigenvalue weighted by atomic mass is 35.5. The quantitative estimate of drug-likeness (QED) is 0.851. The molecular formula is C13H18ClNO2. The summed E-state index contributed by atoms with van der Waals surface area (Å²) in [7, 11) is 0. The number of aryl methyl sites for hydroxylation is 1. The first-order valence-electron chi connectivity index (χ1n) is 5.63. The summed E-state index contributed by atoms with van der Waals surface area (Å²) in [6, 6.07) is 5.22. The van der Waals surface area contributed by atoms with Gasteiger partial charge < -0.3 is 10.4 Å². The number of carboxylic acids is 1. The smallest absolute Gasteiger partial charge is 0.320 e. The number of hydrogen-bond donors (Lipinski definition) is 2. The molecule has 17 heavy (non-hydrogen) atoms. The fraction of sp³-hybridized carbons (Fsp3) is 0.462. The van der Waals surface area contributed by atoms with Crippen LogP contribution in [0.3, 0.4) is 0 Å². The molecule has 0 radical (unpaired) electrons. The second-order valence-corrected chi connectivity index (χ2v) is 4.93. The second-order valence-electron chi connectivity index (χ2n) is 4.52. The van der Waals surface area contributed by atoms with E-state index >= 15 is 0 Å². The average Bonchev–Trinajstić information content (AvgIpc) is 2.22. The molecule has 0 saturated heterocycles. The first-order chi connectivity index (χ1) is 7.91. The summed E-state index contributed by atoms with van der Waals surface area (Å²) in [5.41, 5.74) is 2.02. The maximum Gasteiger partial charge on any atom is 0.320 e. The maximum absolute atomic E-state index is 11.0. The molecule has 4 heteroatoms. The summed E-state index contributed by atoms with van der Waals surface area (Å²) in [6.45, 7) is 6.21. The molecule has 94 valence electrons. The average molecular weight is 256 g/mol. The Labute approximate surface area is 107 Å². The highest BCUT2D eigenvalue weighted by Gasteiger charge is 2.20. The van der Waals surface area contributed by atoms with Crippen molar-refractivity contribution in [2.45, 2.75) is 33.4 Å². The van der Waals surface area contributed by atoms with Crippen LogP contribution in [0, 0.1) is 12.8 Å². The molecule has 1 unspecified atom stereocenters. The minimum Gasteiger partial charge on any atom is -0.480 e. The maximum atomic E-state index is 11.0. The number of hydrogen-bond acceptors (Lipinski definition) is 2. The molecule has 3 nitrogen and oxygen atoms in total. The summed E-state index contributed by atoms with van der Waals surface area (Å²) < 4.78 is 0. The third-order valence-electron chi connectivity index (χ3n) is 2.70. The van der Waals surface area contributed by atoms with Gasteiger partial charge in [0.1, 0.15) is 6.04 Å². The summed E-state index contributed by atoms with van der Waals surface area (Å²) >= 11 is 6.01. The highest BCUT2D eigenvalue weighted by molar-refractivity contribution is 6.31. The second kappa shape index (κ2) is 6.03. The molecule has 0 aliphatic carbocycles. The lowest BCUT2D eigenvalue weighted by Crippen LogP contribution is -2.40. The molecule has 0 heterocycles. The summed E-state index contributed by atoms with van der Waals surface area (Å²) in [5, 5.41) is 12.8. The van der Waals surface area contributed by atoms with Gasteiger partial charge in [-0.15, -0.1) is 0 Å². The van der Waals surface area contributed by atoms with Gasteiger partial charge in [0.2, 0.25) is 0 Å². The Balaban J connectivity index is 2.65. The van der Waals surface area contributed by atoms with E-state index in [2.05, 4.69) is 5.32 Å². The van der Waals surface area contributed by atoms with Crippen LogP contribution in [0.1, 0.15) is 25.0 Å². The van der Waals surface area contributed by atoms with Gasteiger partial charge in [-0.2, -0.15) is 0 Å². The van der Waals surface area contributed by atoms with Gasteiger partial charge in [0.15, 0.2) is 0 Å². The van der Waals surface area contributed by atoms with Gasteiger partial charge in [0.25, 0.3) is 0 Å². The van der Waals surface area contributed by atoms with Crippen LogP contribution in [0.25, 0.3) is 0 Å². The zero-order valence-corrected chi connectivity index (χ0v) is 11.1. The van der Waals surface area contributed by atoms with Crippen LogP contribution in [-0.4, -0.2) is 17.1 Å². The molecule has 0 aliphatic rings. The van der Waals surface area contributed by atoms with E-state index in [0.29, 0.717) is 11.6 Å². The first-order valence-corrected chi connectivity index (χ1v) is 6.01. The van der Waals surface area contributed by atoms with E-state index in [4.69, 9.17) is 16.7 Å². The lowest BCUT2D eigenvalue weighted by Gasteiger charge is -2.18. The van der Waals surface area contributed by atoms with Crippen molar-refractivity contribution in [2.24, 2.45) is 5.92 Å². The zero-order chi connectivity index (χ0) is 13.0. The molecule has 0 bridgehead atoms. The Morgan fingerprint density at radius 1 is 1.47 bits per heavy atom. The zero-order valence-electron chi connectivity index (χ0n) is 10.3. The number of benzene rings is 1. The first kappa shape index (κ1) is 14.0. The van der Waals surface area contributed by atoms with Gasteiger partial charge in [-0.25, -0.2) is 0 Å². The van der Waals surface area contributed by atoms with Gasteiger partial charge in [-0.05, 0) is 30.0 Å². The van der Waals surface area contributed by atoms with Crippen LogP contribution in [-0.2, 0) is 11.3 Å². The Kier molecular flexibility index (Phi) is 4.97. The van der Waals surface area contributed by atoms with Crippen molar-refractivity contribution in [3.05, 3.63) is 34.3 Å². The van der Waals surface area contributed by atoms with E-state index in [0.717, 1.165) is 11.1 Å². The molecule has 0 saturated carbocycles. The lowest BCUT2D eigenvalue weighted by atomic mass is 10.0. The Bertz CT molecular complexity index is 404. The molecule has 0 aromatic heterocycles. The van der Waals surface area contributed by atoms with E-state index < -0.39 is 12.0 Å². The predicted octanol–water partition coefficient (Wildman–Crippen LogP) is 2.85. The Morgan fingerprint density at radius 2 is 2.12 bits per heavy atom. The minimum atomic E-state index is -0.821. The van der Waals surface area contributed by atoms with E-state index in [1.54, 1.807) is 0 Å². The van der Waals surface area contributed by atoms with Crippen molar-refractivity contribution < 1.29 is 9.90 Å². The van der Waals surface area contributed by atoms with Gasteiger partial charge in [-0.3, -0.25) is 4.79 Å². The third-order valence-corrected chi connectivity index (χ3v) is 3.10. The van der Waals surface area contributed by atoms with Gasteiger partial charge in [0, 0.05) is 11.6 Å². The number of rotatable bonds is 5. The molecule has 0 aliphatic heterocycles. The minimum absolute atomic E-state index is 0.0495. The largest absolute Gasteiger partial charge is 0.480 e. The Morgan fingerprint density at radius 3 is 2.59 bits per heavy atom. The van der Waals surface area contributed by atoms with Crippen molar-refractivity contribution in [3.8, 4) is 0 Å². The fourth-order valence-electron chi connectivity index (χ4n) is 1.58. The summed E-state index contributed by atoms with van der Waals surface area (Å²) in [5.74, 6) is -0.772. The topological polar surface area (TPSA) is 49.3 Å². The standard InChI is InChI=1S/C13H18ClNO2/c1-8(2)12(13(16)17)15-7-10-5-4-9(3)11(14)6-10/h4-6,8,12,15H,7H2,1-3H3,(H,16,17). The molecular weight excluding hydrogens is 238 g/mol. The number of carboxylic acid groups (broad SMARTS) is 1. The normalized spacial score (nSPS) is 12.8. The highest BCUT2D eigenvalue weighted by Crippen LogP contribution is 2.16. The van der Waals surface area contributed by atoms with Crippen molar-refractivity contribution in [3.63, 3.8) is 0 Å². The summed E-state index contributed by atoms with van der Waals surface area (Å²) in [6.07, 6.45) is 0. The molecule has 0 amide bonds. The third kappa shape index (κ3) is 4.02. The molecule has 1 rings (SSSR count). The Hall–Kier alpha value is -1.06. The van der Waals surface area contributed by atoms with Crippen LogP contribution in [0.2, 0.25) is 5.02 Å². The predicted molar refractivity (Wildman–Crippen MR) is 69.3 cm³/mol. The van der Waals surface area contributed by atoms with Crippen molar-refractivity contribution in [1.29, 1.82) is 0 Å². The van der Waals surface area contributed by atoms with Gasteiger partial charge >= 0.3 is 5.97 Å². The van der Waals surface area contributed by atoms with Crippen LogP contribution in [0.5, 0.6) is 0 Å². The van der Waals surface area contributed by atoms with E-state index in [1.807, 2.05) is 39.0 Å². The number of halogens is 1.